The van der Waals surface area contributed by atoms with Crippen LogP contribution in [0.3, 0.4) is 0 Å². The fourth-order valence-electron chi connectivity index (χ4n) is 1.56. The van der Waals surface area contributed by atoms with E-state index in [-0.39, 0.29) is 6.42 Å². The molecule has 0 bridgehead atoms. The minimum absolute atomic E-state index is 0.0975. The molecule has 1 N–H and O–H groups in total. The monoisotopic (exact) mass is 247 g/mol. The first-order valence-electron chi connectivity index (χ1n) is 5.63. The maximum absolute atomic E-state index is 10.4. The summed E-state index contributed by atoms with van der Waals surface area (Å²) in [5.41, 5.74) is 1.65. The Kier molecular flexibility index (Phi) is 3.66. The molecule has 0 aliphatic heterocycles. The van der Waals surface area contributed by atoms with Crippen molar-refractivity contribution >= 4 is 5.97 Å². The second-order valence-corrected chi connectivity index (χ2v) is 3.93. The van der Waals surface area contributed by atoms with Crippen molar-refractivity contribution in [3.8, 4) is 11.5 Å². The highest BCUT2D eigenvalue weighted by Crippen LogP contribution is 2.17. The van der Waals surface area contributed by atoms with E-state index < -0.39 is 5.97 Å². The summed E-state index contributed by atoms with van der Waals surface area (Å²) < 4.78 is 5.06. The largest absolute Gasteiger partial charge is 0.481 e. The van der Waals surface area contributed by atoms with E-state index in [1.807, 2.05) is 19.1 Å². The highest BCUT2D eigenvalue weighted by Gasteiger charge is 2.11. The summed E-state index contributed by atoms with van der Waals surface area (Å²) in [4.78, 5) is 18.8. The predicted octanol–water partition coefficient (Wildman–Crippen LogP) is 1.85. The second kappa shape index (κ2) is 5.39. The van der Waals surface area contributed by atoms with E-state index in [0.29, 0.717) is 30.3 Å². The van der Waals surface area contributed by atoms with Crippen LogP contribution in [0.1, 0.15) is 24.3 Å². The number of hydrogen-bond acceptors (Lipinski definition) is 5. The van der Waals surface area contributed by atoms with E-state index in [1.54, 1.807) is 6.20 Å². The van der Waals surface area contributed by atoms with E-state index in [4.69, 9.17) is 9.63 Å². The standard InChI is InChI=1S/C12H13N3O3/c1-8-4-3-7-13-11(8)12-14-9(18-15-12)5-2-6-10(16)17/h3-4,7H,2,5-6H2,1H3,(H,16,17). The van der Waals surface area contributed by atoms with Crippen LogP contribution in [0.15, 0.2) is 22.9 Å². The van der Waals surface area contributed by atoms with Crippen molar-refractivity contribution in [1.29, 1.82) is 0 Å². The minimum Gasteiger partial charge on any atom is -0.481 e. The van der Waals surface area contributed by atoms with Crippen LogP contribution in [-0.2, 0) is 11.2 Å². The second-order valence-electron chi connectivity index (χ2n) is 3.93. The first-order chi connectivity index (χ1) is 8.66. The summed E-state index contributed by atoms with van der Waals surface area (Å²) >= 11 is 0. The molecular weight excluding hydrogens is 234 g/mol. The molecule has 0 saturated carbocycles. The van der Waals surface area contributed by atoms with Crippen molar-refractivity contribution < 1.29 is 14.4 Å². The number of aliphatic carboxylic acids is 1. The molecule has 0 radical (unpaired) electrons. The number of carboxylic acids is 1. The number of aryl methyl sites for hydroxylation is 2. The normalized spacial score (nSPS) is 10.5. The molecule has 0 amide bonds. The molecule has 0 aromatic carbocycles. The molecule has 6 nitrogen and oxygen atoms in total. The van der Waals surface area contributed by atoms with Gasteiger partial charge in [-0.1, -0.05) is 11.2 Å². The van der Waals surface area contributed by atoms with Gasteiger partial charge in [0.2, 0.25) is 11.7 Å². The Morgan fingerprint density at radius 1 is 1.50 bits per heavy atom. The van der Waals surface area contributed by atoms with Crippen LogP contribution in [0.25, 0.3) is 11.5 Å². The van der Waals surface area contributed by atoms with Crippen LogP contribution < -0.4 is 0 Å². The van der Waals surface area contributed by atoms with Gasteiger partial charge in [-0.15, -0.1) is 0 Å². The molecule has 2 aromatic rings. The van der Waals surface area contributed by atoms with Gasteiger partial charge in [-0.2, -0.15) is 4.98 Å². The molecule has 0 aliphatic rings. The predicted molar refractivity (Wildman–Crippen MR) is 62.8 cm³/mol. The van der Waals surface area contributed by atoms with Crippen molar-refractivity contribution in [3.63, 3.8) is 0 Å². The van der Waals surface area contributed by atoms with Crippen molar-refractivity contribution in [2.24, 2.45) is 0 Å². The summed E-state index contributed by atoms with van der Waals surface area (Å²) in [7, 11) is 0. The van der Waals surface area contributed by atoms with Crippen molar-refractivity contribution in [3.05, 3.63) is 29.8 Å². The van der Waals surface area contributed by atoms with E-state index in [1.165, 1.54) is 0 Å². The van der Waals surface area contributed by atoms with Gasteiger partial charge < -0.3 is 9.63 Å². The fraction of sp³-hybridized carbons (Fsp3) is 0.333. The summed E-state index contributed by atoms with van der Waals surface area (Å²) in [6, 6.07) is 3.76. The Labute approximate surface area is 104 Å². The van der Waals surface area contributed by atoms with Gasteiger partial charge in [-0.3, -0.25) is 9.78 Å². The van der Waals surface area contributed by atoms with Crippen LogP contribution in [0.5, 0.6) is 0 Å². The number of nitrogens with zero attached hydrogens (tertiary/aromatic N) is 3. The molecule has 0 atom stereocenters. The summed E-state index contributed by atoms with van der Waals surface area (Å²) in [6.07, 6.45) is 2.71. The van der Waals surface area contributed by atoms with Gasteiger partial charge in [0.05, 0.1) is 0 Å². The zero-order chi connectivity index (χ0) is 13.0. The average Bonchev–Trinajstić information content (AvgIpc) is 2.78. The van der Waals surface area contributed by atoms with E-state index in [2.05, 4.69) is 15.1 Å². The molecule has 2 heterocycles. The van der Waals surface area contributed by atoms with Crippen LogP contribution >= 0.6 is 0 Å². The van der Waals surface area contributed by atoms with Gasteiger partial charge in [0.25, 0.3) is 0 Å². The highest BCUT2D eigenvalue weighted by atomic mass is 16.5. The van der Waals surface area contributed by atoms with Crippen LogP contribution in [0, 0.1) is 6.92 Å². The Bertz CT molecular complexity index is 551. The lowest BCUT2D eigenvalue weighted by molar-refractivity contribution is -0.137. The molecule has 6 heteroatoms. The number of rotatable bonds is 5. The maximum atomic E-state index is 10.4. The SMILES string of the molecule is Cc1cccnc1-c1noc(CCCC(=O)O)n1. The molecule has 0 aliphatic carbocycles. The third-order valence-corrected chi connectivity index (χ3v) is 2.47. The van der Waals surface area contributed by atoms with Gasteiger partial charge in [-0.25, -0.2) is 0 Å². The quantitative estimate of drug-likeness (QED) is 0.867. The third kappa shape index (κ3) is 2.91. The lowest BCUT2D eigenvalue weighted by atomic mass is 10.2. The first-order valence-corrected chi connectivity index (χ1v) is 5.63. The van der Waals surface area contributed by atoms with E-state index >= 15 is 0 Å². The summed E-state index contributed by atoms with van der Waals surface area (Å²) in [5, 5.41) is 12.4. The van der Waals surface area contributed by atoms with Crippen LogP contribution in [0.2, 0.25) is 0 Å². The number of aromatic nitrogens is 3. The molecule has 94 valence electrons. The van der Waals surface area contributed by atoms with Crippen LogP contribution in [-0.4, -0.2) is 26.2 Å². The molecule has 0 saturated heterocycles. The highest BCUT2D eigenvalue weighted by molar-refractivity contribution is 5.66. The topological polar surface area (TPSA) is 89.1 Å². The molecule has 0 unspecified atom stereocenters. The smallest absolute Gasteiger partial charge is 0.303 e. The first kappa shape index (κ1) is 12.2. The number of carboxylic acid groups (broad SMARTS) is 1. The molecule has 0 fully saturated rings. The van der Waals surface area contributed by atoms with E-state index in [9.17, 15) is 4.79 Å². The van der Waals surface area contributed by atoms with Crippen molar-refractivity contribution in [2.75, 3.05) is 0 Å². The Hall–Kier alpha value is -2.24. The van der Waals surface area contributed by atoms with Gasteiger partial charge in [0.15, 0.2) is 0 Å². The summed E-state index contributed by atoms with van der Waals surface area (Å²) in [6.45, 7) is 1.92. The molecular formula is C12H13N3O3. The van der Waals surface area contributed by atoms with Gasteiger partial charge >= 0.3 is 5.97 Å². The third-order valence-electron chi connectivity index (χ3n) is 2.47. The zero-order valence-corrected chi connectivity index (χ0v) is 9.96. The zero-order valence-electron chi connectivity index (χ0n) is 9.96. The molecule has 2 aromatic heterocycles. The Balaban J connectivity index is 2.06. The van der Waals surface area contributed by atoms with Crippen LogP contribution in [0.4, 0.5) is 0 Å². The van der Waals surface area contributed by atoms with Crippen molar-refractivity contribution in [1.82, 2.24) is 15.1 Å². The van der Waals surface area contributed by atoms with Gasteiger partial charge in [-0.05, 0) is 25.0 Å². The van der Waals surface area contributed by atoms with Crippen molar-refractivity contribution in [2.45, 2.75) is 26.2 Å². The summed E-state index contributed by atoms with van der Waals surface area (Å²) in [5.74, 6) is 0.0602. The van der Waals surface area contributed by atoms with Gasteiger partial charge in [0, 0.05) is 19.0 Å². The number of hydrogen-bond donors (Lipinski definition) is 1. The minimum atomic E-state index is -0.824. The lowest BCUT2D eigenvalue weighted by Crippen LogP contribution is -1.96. The Morgan fingerprint density at radius 3 is 3.06 bits per heavy atom. The maximum Gasteiger partial charge on any atom is 0.303 e. The van der Waals surface area contributed by atoms with E-state index in [0.717, 1.165) is 5.56 Å². The number of pyridine rings is 1. The fourth-order valence-corrected chi connectivity index (χ4v) is 1.56. The van der Waals surface area contributed by atoms with Gasteiger partial charge in [0.1, 0.15) is 5.69 Å². The lowest BCUT2D eigenvalue weighted by Gasteiger charge is -1.96. The molecule has 0 spiro atoms. The molecule has 2 rings (SSSR count). The number of carbonyl (C=O) groups is 1. The molecule has 18 heavy (non-hydrogen) atoms. The Morgan fingerprint density at radius 2 is 2.33 bits per heavy atom. The average molecular weight is 247 g/mol.